The fraction of sp³-hybridized carbons (Fsp3) is 0.455. The Balaban J connectivity index is 2.13. The third-order valence-electron chi connectivity index (χ3n) is 3.17. The third kappa shape index (κ3) is 3.50. The van der Waals surface area contributed by atoms with Crippen molar-refractivity contribution in [1.29, 1.82) is 0 Å². The minimum Gasteiger partial charge on any atom is -0.512 e. The first-order valence-electron chi connectivity index (χ1n) is 6.21. The van der Waals surface area contributed by atoms with E-state index in [-0.39, 0.29) is 10.6 Å². The summed E-state index contributed by atoms with van der Waals surface area (Å²) >= 11 is 0. The molecule has 1 aliphatic heterocycles. The zero-order valence-corrected chi connectivity index (χ0v) is 12.0. The van der Waals surface area contributed by atoms with E-state index in [0.717, 1.165) is 0 Å². The maximum atomic E-state index is 12.4. The van der Waals surface area contributed by atoms with Gasteiger partial charge in [-0.1, -0.05) is 0 Å². The van der Waals surface area contributed by atoms with Crippen LogP contribution in [0.15, 0.2) is 29.2 Å². The molecule has 110 valence electrons. The van der Waals surface area contributed by atoms with E-state index >= 15 is 0 Å². The molecule has 0 unspecified atom stereocenters. The van der Waals surface area contributed by atoms with Crippen molar-refractivity contribution in [3.63, 3.8) is 0 Å². The standard InChI is InChI=1S/C11H17BN2O5S/c1-13-6-8-14(9-7-13)20(17,18)11-4-2-10(3-5-11)19-12(15)16/h2-5,15-16H,6-9H2,1H3. The molecule has 0 aromatic heterocycles. The molecule has 0 bridgehead atoms. The van der Waals surface area contributed by atoms with Gasteiger partial charge >= 0.3 is 7.32 Å². The lowest BCUT2D eigenvalue weighted by Crippen LogP contribution is -2.46. The van der Waals surface area contributed by atoms with Crippen LogP contribution in [0.5, 0.6) is 5.75 Å². The first kappa shape index (κ1) is 15.3. The van der Waals surface area contributed by atoms with Gasteiger partial charge in [-0.3, -0.25) is 0 Å². The Labute approximate surface area is 118 Å². The summed E-state index contributed by atoms with van der Waals surface area (Å²) in [6.07, 6.45) is 0. The van der Waals surface area contributed by atoms with E-state index < -0.39 is 17.3 Å². The molecule has 9 heteroatoms. The van der Waals surface area contributed by atoms with Gasteiger partial charge in [0.05, 0.1) is 4.90 Å². The van der Waals surface area contributed by atoms with Crippen LogP contribution in [0.2, 0.25) is 0 Å². The second kappa shape index (κ2) is 6.11. The fourth-order valence-corrected chi connectivity index (χ4v) is 3.41. The van der Waals surface area contributed by atoms with Crippen molar-refractivity contribution in [3.05, 3.63) is 24.3 Å². The van der Waals surface area contributed by atoms with Crippen LogP contribution < -0.4 is 4.65 Å². The van der Waals surface area contributed by atoms with E-state index in [0.29, 0.717) is 26.2 Å². The molecule has 0 spiro atoms. The van der Waals surface area contributed by atoms with Gasteiger partial charge in [0.2, 0.25) is 10.0 Å². The summed E-state index contributed by atoms with van der Waals surface area (Å²) in [5.41, 5.74) is 0. The molecule has 2 rings (SSSR count). The van der Waals surface area contributed by atoms with Crippen LogP contribution in [-0.4, -0.2) is 68.2 Å². The normalized spacial score (nSPS) is 17.9. The Bertz CT molecular complexity index is 540. The fourth-order valence-electron chi connectivity index (χ4n) is 1.99. The average molecular weight is 300 g/mol. The van der Waals surface area contributed by atoms with Gasteiger partial charge in [0.25, 0.3) is 0 Å². The molecule has 0 saturated carbocycles. The van der Waals surface area contributed by atoms with E-state index in [4.69, 9.17) is 10.0 Å². The zero-order valence-electron chi connectivity index (χ0n) is 11.1. The minimum absolute atomic E-state index is 0.168. The zero-order chi connectivity index (χ0) is 14.8. The van der Waals surface area contributed by atoms with Gasteiger partial charge in [-0.15, -0.1) is 0 Å². The number of rotatable bonds is 4. The van der Waals surface area contributed by atoms with Crippen LogP contribution in [0, 0.1) is 0 Å². The number of nitrogens with zero attached hydrogens (tertiary/aromatic N) is 2. The smallest absolute Gasteiger partial charge is 0.512 e. The summed E-state index contributed by atoms with van der Waals surface area (Å²) in [5, 5.41) is 17.3. The minimum atomic E-state index is -3.50. The predicted molar refractivity (Wildman–Crippen MR) is 73.5 cm³/mol. The molecule has 1 heterocycles. The summed E-state index contributed by atoms with van der Waals surface area (Å²) in [6.45, 7) is 2.34. The Morgan fingerprint density at radius 3 is 2.15 bits per heavy atom. The highest BCUT2D eigenvalue weighted by molar-refractivity contribution is 7.89. The molecule has 1 aromatic carbocycles. The van der Waals surface area contributed by atoms with Crippen molar-refractivity contribution < 1.29 is 23.1 Å². The van der Waals surface area contributed by atoms with Crippen molar-refractivity contribution in [3.8, 4) is 5.75 Å². The molecular formula is C11H17BN2O5S. The Kier molecular flexibility index (Phi) is 4.66. The second-order valence-corrected chi connectivity index (χ2v) is 6.56. The van der Waals surface area contributed by atoms with Gasteiger partial charge in [-0.25, -0.2) is 8.42 Å². The Morgan fingerprint density at radius 2 is 1.65 bits per heavy atom. The van der Waals surface area contributed by atoms with Crippen LogP contribution >= 0.6 is 0 Å². The van der Waals surface area contributed by atoms with Gasteiger partial charge in [0, 0.05) is 26.2 Å². The van der Waals surface area contributed by atoms with Crippen molar-refractivity contribution in [2.75, 3.05) is 33.2 Å². The molecule has 0 atom stereocenters. The number of likely N-dealkylation sites (N-methyl/N-ethyl adjacent to an activating group) is 1. The number of hydrogen-bond donors (Lipinski definition) is 2. The van der Waals surface area contributed by atoms with E-state index in [9.17, 15) is 8.42 Å². The average Bonchev–Trinajstić information content (AvgIpc) is 2.39. The Morgan fingerprint density at radius 1 is 1.10 bits per heavy atom. The molecule has 1 aliphatic rings. The Hall–Kier alpha value is -1.13. The maximum Gasteiger partial charge on any atom is 0.707 e. The number of benzene rings is 1. The van der Waals surface area contributed by atoms with Gasteiger partial charge in [0.1, 0.15) is 5.75 Å². The van der Waals surface area contributed by atoms with Crippen molar-refractivity contribution in [2.45, 2.75) is 4.90 Å². The largest absolute Gasteiger partial charge is 0.707 e. The molecule has 2 N–H and O–H groups in total. The van der Waals surface area contributed by atoms with E-state index in [1.807, 2.05) is 7.05 Å². The van der Waals surface area contributed by atoms with Crippen molar-refractivity contribution in [1.82, 2.24) is 9.21 Å². The van der Waals surface area contributed by atoms with E-state index in [1.165, 1.54) is 28.6 Å². The first-order valence-corrected chi connectivity index (χ1v) is 7.65. The molecular weight excluding hydrogens is 283 g/mol. The monoisotopic (exact) mass is 300 g/mol. The number of piperazine rings is 1. The molecule has 0 amide bonds. The van der Waals surface area contributed by atoms with Crippen LogP contribution in [0.1, 0.15) is 0 Å². The molecule has 0 radical (unpaired) electrons. The summed E-state index contributed by atoms with van der Waals surface area (Å²) in [4.78, 5) is 2.24. The second-order valence-electron chi connectivity index (χ2n) is 4.62. The van der Waals surface area contributed by atoms with Gasteiger partial charge in [-0.05, 0) is 31.3 Å². The van der Waals surface area contributed by atoms with Crippen molar-refractivity contribution in [2.24, 2.45) is 0 Å². The summed E-state index contributed by atoms with van der Waals surface area (Å²) < 4.78 is 30.9. The molecule has 20 heavy (non-hydrogen) atoms. The lowest BCUT2D eigenvalue weighted by Gasteiger charge is -2.31. The first-order chi connectivity index (χ1) is 9.39. The highest BCUT2D eigenvalue weighted by Crippen LogP contribution is 2.20. The molecule has 1 fully saturated rings. The molecule has 1 aromatic rings. The lowest BCUT2D eigenvalue weighted by molar-refractivity contribution is 0.222. The maximum absolute atomic E-state index is 12.4. The highest BCUT2D eigenvalue weighted by Gasteiger charge is 2.27. The summed E-state index contributed by atoms with van der Waals surface area (Å²) in [7, 11) is -3.47. The van der Waals surface area contributed by atoms with Crippen LogP contribution in [0.25, 0.3) is 0 Å². The number of hydrogen-bond acceptors (Lipinski definition) is 6. The molecule has 1 saturated heterocycles. The van der Waals surface area contributed by atoms with E-state index in [1.54, 1.807) is 0 Å². The summed E-state index contributed by atoms with van der Waals surface area (Å²) in [6, 6.07) is 5.57. The van der Waals surface area contributed by atoms with Crippen LogP contribution in [0.3, 0.4) is 0 Å². The summed E-state index contributed by atoms with van der Waals surface area (Å²) in [5.74, 6) is 0.192. The number of sulfonamides is 1. The van der Waals surface area contributed by atoms with Crippen LogP contribution in [0.4, 0.5) is 0 Å². The van der Waals surface area contributed by atoms with Crippen molar-refractivity contribution >= 4 is 17.3 Å². The third-order valence-corrected chi connectivity index (χ3v) is 5.08. The van der Waals surface area contributed by atoms with E-state index in [2.05, 4.69) is 9.55 Å². The highest BCUT2D eigenvalue weighted by atomic mass is 32.2. The topological polar surface area (TPSA) is 90.3 Å². The molecule has 7 nitrogen and oxygen atoms in total. The van der Waals surface area contributed by atoms with Gasteiger partial charge in [0.15, 0.2) is 0 Å². The van der Waals surface area contributed by atoms with Gasteiger partial charge in [-0.2, -0.15) is 4.31 Å². The van der Waals surface area contributed by atoms with Gasteiger partial charge < -0.3 is 19.6 Å². The SMILES string of the molecule is CN1CCN(S(=O)(=O)c2ccc(OB(O)O)cc2)CC1. The quantitative estimate of drug-likeness (QED) is 0.691. The van der Waals surface area contributed by atoms with Crippen LogP contribution in [-0.2, 0) is 10.0 Å². The predicted octanol–water partition coefficient (Wildman–Crippen LogP) is -1.03. The lowest BCUT2D eigenvalue weighted by atomic mass is 10.2. The molecule has 0 aliphatic carbocycles.